The first-order valence-electron chi connectivity index (χ1n) is 5.76. The molecule has 0 aromatic heterocycles. The average Bonchev–Trinajstić information content (AvgIpc) is 2.80. The van der Waals surface area contributed by atoms with Crippen molar-refractivity contribution in [2.24, 2.45) is 5.73 Å². The van der Waals surface area contributed by atoms with Crippen LogP contribution in [-0.4, -0.2) is 24.4 Å². The Labute approximate surface area is 110 Å². The first-order chi connectivity index (χ1) is 8.66. The van der Waals surface area contributed by atoms with Gasteiger partial charge in [0.2, 0.25) is 0 Å². The smallest absolute Gasteiger partial charge is 0.178 e. The third-order valence-electron chi connectivity index (χ3n) is 2.66. The number of rotatable bonds is 4. The van der Waals surface area contributed by atoms with Crippen molar-refractivity contribution in [1.82, 2.24) is 0 Å². The normalized spacial score (nSPS) is 18.6. The van der Waals surface area contributed by atoms with E-state index in [4.69, 9.17) is 27.4 Å². The zero-order valence-electron chi connectivity index (χ0n) is 9.82. The standard InChI is InChI=1S/C12H15FN2O2S/c13-9-4-1-5-10(15-12(14)18)11(9)17-7-8-3-2-6-16-8/h1,4-5,8H,2-3,6-7H2,(H3,14,15,18). The van der Waals surface area contributed by atoms with E-state index in [2.05, 4.69) is 5.32 Å². The number of ether oxygens (including phenoxy) is 2. The monoisotopic (exact) mass is 270 g/mol. The highest BCUT2D eigenvalue weighted by molar-refractivity contribution is 7.80. The van der Waals surface area contributed by atoms with Crippen molar-refractivity contribution in [1.29, 1.82) is 0 Å². The zero-order chi connectivity index (χ0) is 13.0. The number of thiocarbonyl (C=S) groups is 1. The summed E-state index contributed by atoms with van der Waals surface area (Å²) in [5, 5.41) is 2.76. The fraction of sp³-hybridized carbons (Fsp3) is 0.417. The lowest BCUT2D eigenvalue weighted by atomic mass is 10.2. The van der Waals surface area contributed by atoms with Crippen molar-refractivity contribution >= 4 is 23.0 Å². The molecule has 4 nitrogen and oxygen atoms in total. The molecular formula is C12H15FN2O2S. The highest BCUT2D eigenvalue weighted by Crippen LogP contribution is 2.28. The molecule has 0 amide bonds. The molecule has 1 unspecified atom stereocenters. The molecule has 1 heterocycles. The molecule has 0 spiro atoms. The van der Waals surface area contributed by atoms with Gasteiger partial charge in [0, 0.05) is 6.61 Å². The van der Waals surface area contributed by atoms with Crippen LogP contribution < -0.4 is 15.8 Å². The number of hydrogen-bond acceptors (Lipinski definition) is 3. The molecule has 0 bridgehead atoms. The molecular weight excluding hydrogens is 255 g/mol. The predicted octanol–water partition coefficient (Wildman–Crippen LogP) is 2.04. The van der Waals surface area contributed by atoms with Gasteiger partial charge in [-0.1, -0.05) is 6.07 Å². The van der Waals surface area contributed by atoms with Crippen LogP contribution in [0.1, 0.15) is 12.8 Å². The van der Waals surface area contributed by atoms with Gasteiger partial charge in [0.05, 0.1) is 11.8 Å². The molecule has 1 aliphatic rings. The molecule has 3 N–H and O–H groups in total. The van der Waals surface area contributed by atoms with Gasteiger partial charge in [-0.05, 0) is 37.2 Å². The maximum absolute atomic E-state index is 13.7. The predicted molar refractivity (Wildman–Crippen MR) is 71.3 cm³/mol. The Bertz CT molecular complexity index is 436. The van der Waals surface area contributed by atoms with Crippen molar-refractivity contribution in [3.63, 3.8) is 0 Å². The Morgan fingerprint density at radius 1 is 1.61 bits per heavy atom. The topological polar surface area (TPSA) is 56.5 Å². The van der Waals surface area contributed by atoms with E-state index in [-0.39, 0.29) is 17.0 Å². The van der Waals surface area contributed by atoms with Crippen molar-refractivity contribution in [3.05, 3.63) is 24.0 Å². The second kappa shape index (κ2) is 5.97. The summed E-state index contributed by atoms with van der Waals surface area (Å²) < 4.78 is 24.6. The van der Waals surface area contributed by atoms with Gasteiger partial charge < -0.3 is 20.5 Å². The second-order valence-electron chi connectivity index (χ2n) is 4.05. The maximum atomic E-state index is 13.7. The van der Waals surface area contributed by atoms with Crippen molar-refractivity contribution in [2.45, 2.75) is 18.9 Å². The minimum atomic E-state index is -0.450. The molecule has 1 fully saturated rings. The zero-order valence-corrected chi connectivity index (χ0v) is 10.6. The summed E-state index contributed by atoms with van der Waals surface area (Å²) in [7, 11) is 0. The Morgan fingerprint density at radius 2 is 2.44 bits per heavy atom. The third kappa shape index (κ3) is 3.30. The van der Waals surface area contributed by atoms with Gasteiger partial charge in [-0.15, -0.1) is 0 Å². The number of nitrogens with two attached hydrogens (primary N) is 1. The van der Waals surface area contributed by atoms with Crippen LogP contribution in [0.5, 0.6) is 5.75 Å². The Kier molecular flexibility index (Phi) is 4.33. The van der Waals surface area contributed by atoms with Crippen LogP contribution >= 0.6 is 12.2 Å². The lowest BCUT2D eigenvalue weighted by Gasteiger charge is -2.15. The molecule has 1 aromatic rings. The summed E-state index contributed by atoms with van der Waals surface area (Å²) in [5.74, 6) is -0.324. The van der Waals surface area contributed by atoms with Crippen LogP contribution in [0.4, 0.5) is 10.1 Å². The van der Waals surface area contributed by atoms with Crippen LogP contribution in [0.15, 0.2) is 18.2 Å². The van der Waals surface area contributed by atoms with Gasteiger partial charge in [0.15, 0.2) is 16.7 Å². The molecule has 0 aliphatic carbocycles. The SMILES string of the molecule is NC(=S)Nc1cccc(F)c1OCC1CCCO1. The highest BCUT2D eigenvalue weighted by Gasteiger charge is 2.18. The second-order valence-corrected chi connectivity index (χ2v) is 4.49. The van der Waals surface area contributed by atoms with Crippen LogP contribution in [0, 0.1) is 5.82 Å². The first-order valence-corrected chi connectivity index (χ1v) is 6.17. The third-order valence-corrected chi connectivity index (χ3v) is 2.76. The fourth-order valence-corrected chi connectivity index (χ4v) is 1.95. The largest absolute Gasteiger partial charge is 0.486 e. The molecule has 2 rings (SSSR count). The summed E-state index contributed by atoms with van der Waals surface area (Å²) in [6.45, 7) is 1.07. The molecule has 0 saturated carbocycles. The Morgan fingerprint density at radius 3 is 3.11 bits per heavy atom. The summed E-state index contributed by atoms with van der Waals surface area (Å²) in [6.07, 6.45) is 1.98. The van der Waals surface area contributed by atoms with E-state index in [9.17, 15) is 4.39 Å². The fourth-order valence-electron chi connectivity index (χ4n) is 1.84. The highest BCUT2D eigenvalue weighted by atomic mass is 32.1. The minimum absolute atomic E-state index is 0.0299. The van der Waals surface area contributed by atoms with E-state index < -0.39 is 5.82 Å². The lowest BCUT2D eigenvalue weighted by molar-refractivity contribution is 0.0668. The van der Waals surface area contributed by atoms with Gasteiger partial charge in [0.1, 0.15) is 6.61 Å². The van der Waals surface area contributed by atoms with Gasteiger partial charge in [-0.2, -0.15) is 0 Å². The van der Waals surface area contributed by atoms with Crippen molar-refractivity contribution < 1.29 is 13.9 Å². The van der Waals surface area contributed by atoms with Gasteiger partial charge in [0.25, 0.3) is 0 Å². The Balaban J connectivity index is 2.06. The first kappa shape index (κ1) is 13.0. The average molecular weight is 270 g/mol. The molecule has 1 atom stereocenters. The van der Waals surface area contributed by atoms with Gasteiger partial charge in [-0.25, -0.2) is 4.39 Å². The summed E-state index contributed by atoms with van der Waals surface area (Å²) >= 11 is 4.74. The van der Waals surface area contributed by atoms with Gasteiger partial charge >= 0.3 is 0 Å². The molecule has 6 heteroatoms. The number of hydrogen-bond donors (Lipinski definition) is 2. The summed E-state index contributed by atoms with van der Waals surface area (Å²) in [5.41, 5.74) is 5.81. The van der Waals surface area contributed by atoms with Crippen LogP contribution in [-0.2, 0) is 4.74 Å². The Hall–Kier alpha value is -1.40. The number of benzene rings is 1. The maximum Gasteiger partial charge on any atom is 0.178 e. The number of nitrogens with one attached hydrogen (secondary N) is 1. The number of halogens is 1. The van der Waals surface area contributed by atoms with Crippen LogP contribution in [0.2, 0.25) is 0 Å². The van der Waals surface area contributed by atoms with E-state index >= 15 is 0 Å². The van der Waals surface area contributed by atoms with E-state index in [0.29, 0.717) is 12.3 Å². The van der Waals surface area contributed by atoms with Crippen LogP contribution in [0.25, 0.3) is 0 Å². The van der Waals surface area contributed by atoms with Crippen molar-refractivity contribution in [2.75, 3.05) is 18.5 Å². The van der Waals surface area contributed by atoms with E-state index in [0.717, 1.165) is 19.4 Å². The molecule has 98 valence electrons. The van der Waals surface area contributed by atoms with E-state index in [1.165, 1.54) is 6.07 Å². The van der Waals surface area contributed by atoms with Gasteiger partial charge in [-0.3, -0.25) is 0 Å². The quantitative estimate of drug-likeness (QED) is 0.820. The minimum Gasteiger partial charge on any atom is -0.486 e. The van der Waals surface area contributed by atoms with E-state index in [1.807, 2.05) is 0 Å². The number of para-hydroxylation sites is 1. The molecule has 1 aromatic carbocycles. The summed E-state index contributed by atoms with van der Waals surface area (Å²) in [4.78, 5) is 0. The molecule has 1 aliphatic heterocycles. The molecule has 1 saturated heterocycles. The summed E-state index contributed by atoms with van der Waals surface area (Å²) in [6, 6.07) is 4.55. The van der Waals surface area contributed by atoms with Crippen LogP contribution in [0.3, 0.4) is 0 Å². The molecule has 0 radical (unpaired) electrons. The van der Waals surface area contributed by atoms with E-state index in [1.54, 1.807) is 12.1 Å². The van der Waals surface area contributed by atoms with Crippen molar-refractivity contribution in [3.8, 4) is 5.75 Å². The molecule has 18 heavy (non-hydrogen) atoms. The lowest BCUT2D eigenvalue weighted by Crippen LogP contribution is -2.21. The number of anilines is 1.